The average molecular weight is 436 g/mol. The fraction of sp³-hybridized carbons (Fsp3) is 0.375. The lowest BCUT2D eigenvalue weighted by Crippen LogP contribution is -2.25. The predicted molar refractivity (Wildman–Crippen MR) is 121 cm³/mol. The molecule has 8 heteroatoms. The third-order valence-corrected chi connectivity index (χ3v) is 6.54. The number of aryl methyl sites for hydroxylation is 1. The number of fused-ring (bicyclic) bond motifs is 1. The number of rotatable bonds is 6. The van der Waals surface area contributed by atoms with Gasteiger partial charge in [-0.2, -0.15) is 0 Å². The summed E-state index contributed by atoms with van der Waals surface area (Å²) in [5, 5.41) is 3.16. The second-order valence-corrected chi connectivity index (χ2v) is 8.63. The molecule has 166 valence electrons. The molecular formula is C24H25FN4O3. The van der Waals surface area contributed by atoms with Crippen molar-refractivity contribution in [2.24, 2.45) is 0 Å². The number of carbonyl (C=O) groups excluding carboxylic acids is 1. The summed E-state index contributed by atoms with van der Waals surface area (Å²) in [6.45, 7) is 2.22. The minimum absolute atomic E-state index is 0.0254. The van der Waals surface area contributed by atoms with E-state index in [1.807, 2.05) is 22.8 Å². The summed E-state index contributed by atoms with van der Waals surface area (Å²) in [5.41, 5.74) is 6.76. The topological polar surface area (TPSA) is 99.2 Å². The molecular weight excluding hydrogens is 411 g/mol. The Morgan fingerprint density at radius 3 is 2.84 bits per heavy atom. The monoisotopic (exact) mass is 436 g/mol. The summed E-state index contributed by atoms with van der Waals surface area (Å²) < 4.78 is 23.4. The standard InChI is InChI=1S/C24H25FN4O3/c1-14(30)16-13-29-21-17(22(16)31)19(26)18(25)20(23(21)32-12-9-24(29)7-8-24)28-11-4-6-15-5-2-3-10-27-15/h2-3,5,10,13,28H,4,6-9,11-12,26H2,1H3. The number of benzene rings is 1. The van der Waals surface area contributed by atoms with E-state index in [4.69, 9.17) is 10.5 Å². The normalized spacial score (nSPS) is 15.9. The summed E-state index contributed by atoms with van der Waals surface area (Å²) in [6, 6.07) is 5.75. The highest BCUT2D eigenvalue weighted by Gasteiger charge is 2.47. The van der Waals surface area contributed by atoms with Gasteiger partial charge in [-0.05, 0) is 44.7 Å². The van der Waals surface area contributed by atoms with Crippen molar-refractivity contribution in [1.82, 2.24) is 9.55 Å². The minimum atomic E-state index is -0.721. The number of ether oxygens (including phenoxy) is 1. The fourth-order valence-corrected chi connectivity index (χ4v) is 4.60. The van der Waals surface area contributed by atoms with Gasteiger partial charge in [-0.25, -0.2) is 4.39 Å². The second-order valence-electron chi connectivity index (χ2n) is 8.63. The summed E-state index contributed by atoms with van der Waals surface area (Å²) in [4.78, 5) is 29.6. The fourth-order valence-electron chi connectivity index (χ4n) is 4.60. The van der Waals surface area contributed by atoms with Crippen LogP contribution in [0.5, 0.6) is 5.75 Å². The number of hydrogen-bond donors (Lipinski definition) is 2. The molecule has 0 bridgehead atoms. The van der Waals surface area contributed by atoms with Crippen molar-refractivity contribution in [3.63, 3.8) is 0 Å². The number of Topliss-reactive ketones (excluding diaryl/α,β-unsaturated/α-hetero) is 1. The first-order chi connectivity index (χ1) is 15.4. The van der Waals surface area contributed by atoms with Gasteiger partial charge in [0.25, 0.3) is 0 Å². The van der Waals surface area contributed by atoms with Crippen LogP contribution in [0.2, 0.25) is 0 Å². The molecule has 32 heavy (non-hydrogen) atoms. The molecule has 1 saturated carbocycles. The van der Waals surface area contributed by atoms with Crippen LogP contribution in [-0.4, -0.2) is 28.5 Å². The number of halogens is 1. The number of nitrogen functional groups attached to an aromatic ring is 1. The largest absolute Gasteiger partial charge is 0.489 e. The Labute approximate surface area is 184 Å². The van der Waals surface area contributed by atoms with Crippen LogP contribution in [0.4, 0.5) is 15.8 Å². The van der Waals surface area contributed by atoms with Crippen LogP contribution in [-0.2, 0) is 12.0 Å². The maximum Gasteiger partial charge on any atom is 0.202 e. The lowest BCUT2D eigenvalue weighted by atomic mass is 10.0. The van der Waals surface area contributed by atoms with E-state index in [1.165, 1.54) is 6.92 Å². The number of anilines is 2. The zero-order chi connectivity index (χ0) is 22.5. The Hall–Kier alpha value is -3.42. The van der Waals surface area contributed by atoms with Crippen molar-refractivity contribution >= 4 is 28.1 Å². The van der Waals surface area contributed by atoms with Gasteiger partial charge in [0.05, 0.1) is 28.8 Å². The number of ketones is 1. The van der Waals surface area contributed by atoms with Gasteiger partial charge >= 0.3 is 0 Å². The molecule has 1 aliphatic heterocycles. The lowest BCUT2D eigenvalue weighted by Gasteiger charge is -2.22. The molecule has 2 aliphatic rings. The van der Waals surface area contributed by atoms with Crippen LogP contribution in [0.15, 0.2) is 35.4 Å². The van der Waals surface area contributed by atoms with Gasteiger partial charge in [0.1, 0.15) is 5.69 Å². The maximum atomic E-state index is 15.4. The van der Waals surface area contributed by atoms with E-state index in [-0.39, 0.29) is 33.6 Å². The van der Waals surface area contributed by atoms with Crippen molar-refractivity contribution in [3.05, 3.63) is 57.9 Å². The van der Waals surface area contributed by atoms with E-state index in [0.717, 1.165) is 37.8 Å². The van der Waals surface area contributed by atoms with E-state index in [9.17, 15) is 9.59 Å². The van der Waals surface area contributed by atoms with E-state index in [2.05, 4.69) is 10.3 Å². The van der Waals surface area contributed by atoms with E-state index in [0.29, 0.717) is 24.4 Å². The van der Waals surface area contributed by atoms with Crippen molar-refractivity contribution in [1.29, 1.82) is 0 Å². The van der Waals surface area contributed by atoms with Gasteiger partial charge in [-0.3, -0.25) is 14.6 Å². The first-order valence-electron chi connectivity index (χ1n) is 10.9. The Balaban J connectivity index is 1.60. The summed E-state index contributed by atoms with van der Waals surface area (Å²) in [5.74, 6) is -0.790. The molecule has 1 aliphatic carbocycles. The van der Waals surface area contributed by atoms with Crippen LogP contribution < -0.4 is 21.2 Å². The molecule has 0 saturated heterocycles. The Morgan fingerprint density at radius 1 is 1.34 bits per heavy atom. The van der Waals surface area contributed by atoms with Gasteiger partial charge in [0.2, 0.25) is 5.43 Å². The van der Waals surface area contributed by atoms with Crippen LogP contribution in [0.25, 0.3) is 10.9 Å². The molecule has 2 aromatic heterocycles. The quantitative estimate of drug-likeness (QED) is 0.348. The number of nitrogens with one attached hydrogen (secondary N) is 1. The second kappa shape index (κ2) is 7.62. The third-order valence-electron chi connectivity index (χ3n) is 6.54. The number of nitrogens with two attached hydrogens (primary N) is 1. The van der Waals surface area contributed by atoms with Gasteiger partial charge in [0.15, 0.2) is 17.3 Å². The van der Waals surface area contributed by atoms with Crippen molar-refractivity contribution in [2.75, 3.05) is 24.2 Å². The lowest BCUT2D eigenvalue weighted by molar-refractivity contribution is 0.101. The zero-order valence-corrected chi connectivity index (χ0v) is 17.9. The van der Waals surface area contributed by atoms with Crippen LogP contribution in [0.1, 0.15) is 48.7 Å². The highest BCUT2D eigenvalue weighted by molar-refractivity contribution is 6.04. The molecule has 7 nitrogen and oxygen atoms in total. The molecule has 5 rings (SSSR count). The van der Waals surface area contributed by atoms with E-state index >= 15 is 4.39 Å². The Kier molecular flexibility index (Phi) is 4.87. The van der Waals surface area contributed by atoms with Crippen molar-refractivity contribution in [3.8, 4) is 5.75 Å². The predicted octanol–water partition coefficient (Wildman–Crippen LogP) is 3.64. The third kappa shape index (κ3) is 3.21. The van der Waals surface area contributed by atoms with Gasteiger partial charge < -0.3 is 20.4 Å². The molecule has 0 amide bonds. The first-order valence-corrected chi connectivity index (χ1v) is 10.9. The van der Waals surface area contributed by atoms with Crippen LogP contribution in [0.3, 0.4) is 0 Å². The van der Waals surface area contributed by atoms with Gasteiger partial charge in [0, 0.05) is 36.6 Å². The molecule has 3 N–H and O–H groups in total. The maximum absolute atomic E-state index is 15.4. The molecule has 1 spiro atoms. The number of aromatic nitrogens is 2. The molecule has 1 fully saturated rings. The highest BCUT2D eigenvalue weighted by Crippen LogP contribution is 2.52. The molecule has 0 atom stereocenters. The van der Waals surface area contributed by atoms with Gasteiger partial charge in [-0.15, -0.1) is 0 Å². The van der Waals surface area contributed by atoms with Crippen molar-refractivity contribution in [2.45, 2.75) is 44.6 Å². The molecule has 1 aromatic carbocycles. The number of carbonyl (C=O) groups is 1. The van der Waals surface area contributed by atoms with E-state index in [1.54, 1.807) is 12.4 Å². The molecule has 0 radical (unpaired) electrons. The Bertz CT molecular complexity index is 1280. The number of pyridine rings is 2. The SMILES string of the molecule is CC(=O)c1cn2c3c(c(NCCCc4ccccn4)c(F)c(N)c3c1=O)OCCC21CC1. The van der Waals surface area contributed by atoms with E-state index < -0.39 is 11.2 Å². The van der Waals surface area contributed by atoms with Gasteiger partial charge in [-0.1, -0.05) is 6.07 Å². The summed E-state index contributed by atoms with van der Waals surface area (Å²) >= 11 is 0. The summed E-state index contributed by atoms with van der Waals surface area (Å²) in [7, 11) is 0. The average Bonchev–Trinajstić information content (AvgIpc) is 3.58. The molecule has 0 unspecified atom stereocenters. The summed E-state index contributed by atoms with van der Waals surface area (Å²) in [6.07, 6.45) is 7.37. The first kappa shape index (κ1) is 20.5. The smallest absolute Gasteiger partial charge is 0.202 e. The number of nitrogens with zero attached hydrogens (tertiary/aromatic N) is 2. The van der Waals surface area contributed by atoms with Crippen LogP contribution >= 0.6 is 0 Å². The van der Waals surface area contributed by atoms with Crippen LogP contribution in [0, 0.1) is 5.82 Å². The highest BCUT2D eigenvalue weighted by atomic mass is 19.1. The number of hydrogen-bond acceptors (Lipinski definition) is 6. The minimum Gasteiger partial charge on any atom is -0.489 e. The Morgan fingerprint density at radius 2 is 2.16 bits per heavy atom. The zero-order valence-electron chi connectivity index (χ0n) is 17.9. The van der Waals surface area contributed by atoms with Crippen molar-refractivity contribution < 1.29 is 13.9 Å². The molecule has 3 aromatic rings. The molecule has 3 heterocycles.